The standard InChI is InChI=1S/C13H20N2O3/c1-4-6-11(13(17)14-18-5-2)15-8-7-10(3)9-12(15)16/h7-9,11H,4-6H2,1-3H3,(H,14,17). The molecular formula is C13H20N2O3. The topological polar surface area (TPSA) is 60.3 Å². The molecule has 0 aromatic carbocycles. The van der Waals surface area contributed by atoms with Crippen molar-refractivity contribution in [2.45, 2.75) is 39.7 Å². The molecule has 18 heavy (non-hydrogen) atoms. The third kappa shape index (κ3) is 3.70. The SMILES string of the molecule is CCCC(C(=O)NOCC)n1ccc(C)cc1=O. The lowest BCUT2D eigenvalue weighted by Crippen LogP contribution is -2.37. The van der Waals surface area contributed by atoms with Gasteiger partial charge in [-0.25, -0.2) is 5.48 Å². The Bertz CT molecular complexity index is 454. The van der Waals surface area contributed by atoms with Crippen LogP contribution < -0.4 is 11.0 Å². The average molecular weight is 252 g/mol. The Kier molecular flexibility index (Phi) is 5.58. The van der Waals surface area contributed by atoms with Crippen LogP contribution in [0.15, 0.2) is 23.1 Å². The normalized spacial score (nSPS) is 12.2. The summed E-state index contributed by atoms with van der Waals surface area (Å²) in [6, 6.07) is 2.82. The van der Waals surface area contributed by atoms with E-state index in [1.807, 2.05) is 19.9 Å². The van der Waals surface area contributed by atoms with E-state index in [0.29, 0.717) is 13.0 Å². The van der Waals surface area contributed by atoms with E-state index in [1.54, 1.807) is 13.1 Å². The average Bonchev–Trinajstić information content (AvgIpc) is 2.34. The van der Waals surface area contributed by atoms with E-state index >= 15 is 0 Å². The van der Waals surface area contributed by atoms with Gasteiger partial charge in [0.15, 0.2) is 0 Å². The first-order valence-electron chi connectivity index (χ1n) is 6.20. The number of carbonyl (C=O) groups is 1. The Balaban J connectivity index is 2.96. The quantitative estimate of drug-likeness (QED) is 0.782. The fourth-order valence-electron chi connectivity index (χ4n) is 1.73. The van der Waals surface area contributed by atoms with E-state index in [1.165, 1.54) is 10.6 Å². The molecule has 0 radical (unpaired) electrons. The highest BCUT2D eigenvalue weighted by atomic mass is 16.6. The maximum absolute atomic E-state index is 11.9. The van der Waals surface area contributed by atoms with Gasteiger partial charge in [-0.2, -0.15) is 0 Å². The largest absolute Gasteiger partial charge is 0.303 e. The van der Waals surface area contributed by atoms with Crippen LogP contribution >= 0.6 is 0 Å². The molecule has 1 aromatic heterocycles. The highest BCUT2D eigenvalue weighted by Gasteiger charge is 2.20. The second kappa shape index (κ2) is 6.96. The van der Waals surface area contributed by atoms with E-state index < -0.39 is 6.04 Å². The zero-order valence-corrected chi connectivity index (χ0v) is 11.1. The fraction of sp³-hybridized carbons (Fsp3) is 0.538. The lowest BCUT2D eigenvalue weighted by Gasteiger charge is -2.18. The predicted octanol–water partition coefficient (Wildman–Crippen LogP) is 1.57. The molecule has 5 nitrogen and oxygen atoms in total. The van der Waals surface area contributed by atoms with Crippen LogP contribution in [0.4, 0.5) is 0 Å². The summed E-state index contributed by atoms with van der Waals surface area (Å²) in [7, 11) is 0. The highest BCUT2D eigenvalue weighted by molar-refractivity contribution is 5.79. The molecule has 1 heterocycles. The molecule has 1 amide bonds. The van der Waals surface area contributed by atoms with Crippen molar-refractivity contribution >= 4 is 5.91 Å². The van der Waals surface area contributed by atoms with E-state index in [4.69, 9.17) is 4.84 Å². The van der Waals surface area contributed by atoms with Gasteiger partial charge in [-0.15, -0.1) is 0 Å². The zero-order chi connectivity index (χ0) is 13.5. The molecule has 1 N–H and O–H groups in total. The minimum absolute atomic E-state index is 0.167. The van der Waals surface area contributed by atoms with Crippen LogP contribution in [0.3, 0.4) is 0 Å². The minimum Gasteiger partial charge on any atom is -0.303 e. The van der Waals surface area contributed by atoms with Crippen LogP contribution in [0.25, 0.3) is 0 Å². The number of amides is 1. The van der Waals surface area contributed by atoms with E-state index in [0.717, 1.165) is 12.0 Å². The Hall–Kier alpha value is -1.62. The van der Waals surface area contributed by atoms with Crippen molar-refractivity contribution in [2.24, 2.45) is 0 Å². The molecule has 5 heteroatoms. The third-order valence-electron chi connectivity index (χ3n) is 2.62. The number of rotatable bonds is 6. The number of hydrogen-bond donors (Lipinski definition) is 1. The lowest BCUT2D eigenvalue weighted by molar-refractivity contribution is -0.137. The summed E-state index contributed by atoms with van der Waals surface area (Å²) in [5, 5.41) is 0. The van der Waals surface area contributed by atoms with E-state index in [-0.39, 0.29) is 11.5 Å². The smallest absolute Gasteiger partial charge is 0.266 e. The summed E-state index contributed by atoms with van der Waals surface area (Å²) in [4.78, 5) is 28.7. The maximum atomic E-state index is 11.9. The summed E-state index contributed by atoms with van der Waals surface area (Å²) in [6.07, 6.45) is 3.07. The van der Waals surface area contributed by atoms with Crippen LogP contribution in [-0.4, -0.2) is 17.1 Å². The Morgan fingerprint density at radius 1 is 1.50 bits per heavy atom. The molecule has 0 aliphatic rings. The van der Waals surface area contributed by atoms with Crippen molar-refractivity contribution in [3.05, 3.63) is 34.2 Å². The van der Waals surface area contributed by atoms with Crippen LogP contribution in [0, 0.1) is 6.92 Å². The van der Waals surface area contributed by atoms with Crippen LogP contribution in [0.1, 0.15) is 38.3 Å². The van der Waals surface area contributed by atoms with E-state index in [2.05, 4.69) is 5.48 Å². The number of nitrogens with zero attached hydrogens (tertiary/aromatic N) is 1. The Morgan fingerprint density at radius 3 is 2.78 bits per heavy atom. The Morgan fingerprint density at radius 2 is 2.22 bits per heavy atom. The van der Waals surface area contributed by atoms with Gasteiger partial charge in [0.05, 0.1) is 6.61 Å². The number of hydrogen-bond acceptors (Lipinski definition) is 3. The molecule has 0 saturated carbocycles. The second-order valence-electron chi connectivity index (χ2n) is 4.15. The van der Waals surface area contributed by atoms with Crippen molar-refractivity contribution < 1.29 is 9.63 Å². The molecule has 0 aliphatic carbocycles. The predicted molar refractivity (Wildman–Crippen MR) is 69.2 cm³/mol. The van der Waals surface area contributed by atoms with Gasteiger partial charge in [0.2, 0.25) is 0 Å². The van der Waals surface area contributed by atoms with Gasteiger partial charge in [-0.05, 0) is 31.9 Å². The molecule has 1 atom stereocenters. The van der Waals surface area contributed by atoms with Crippen molar-refractivity contribution in [2.75, 3.05) is 6.61 Å². The third-order valence-corrected chi connectivity index (χ3v) is 2.62. The lowest BCUT2D eigenvalue weighted by atomic mass is 10.1. The number of carbonyl (C=O) groups excluding carboxylic acids is 1. The van der Waals surface area contributed by atoms with Crippen LogP contribution in [0.5, 0.6) is 0 Å². The summed E-state index contributed by atoms with van der Waals surface area (Å²) in [5.74, 6) is -0.287. The zero-order valence-electron chi connectivity index (χ0n) is 11.1. The first-order chi connectivity index (χ1) is 8.60. The number of aryl methyl sites for hydroxylation is 1. The van der Waals surface area contributed by atoms with E-state index in [9.17, 15) is 9.59 Å². The maximum Gasteiger partial charge on any atom is 0.266 e. The van der Waals surface area contributed by atoms with Crippen LogP contribution in [-0.2, 0) is 9.63 Å². The first kappa shape index (κ1) is 14.4. The van der Waals surface area contributed by atoms with Gasteiger partial charge in [0.25, 0.3) is 11.5 Å². The second-order valence-corrected chi connectivity index (χ2v) is 4.15. The number of pyridine rings is 1. The number of aromatic nitrogens is 1. The van der Waals surface area contributed by atoms with Crippen molar-refractivity contribution in [1.29, 1.82) is 0 Å². The molecule has 1 unspecified atom stereocenters. The van der Waals surface area contributed by atoms with Gasteiger partial charge in [-0.3, -0.25) is 14.4 Å². The monoisotopic (exact) mass is 252 g/mol. The van der Waals surface area contributed by atoms with Gasteiger partial charge in [0, 0.05) is 12.3 Å². The van der Waals surface area contributed by atoms with Crippen LogP contribution in [0.2, 0.25) is 0 Å². The molecule has 0 aliphatic heterocycles. The molecule has 0 bridgehead atoms. The molecular weight excluding hydrogens is 232 g/mol. The molecule has 1 rings (SSSR count). The van der Waals surface area contributed by atoms with Crippen molar-refractivity contribution in [3.8, 4) is 0 Å². The molecule has 1 aromatic rings. The minimum atomic E-state index is -0.519. The first-order valence-corrected chi connectivity index (χ1v) is 6.20. The summed E-state index contributed by atoms with van der Waals surface area (Å²) in [6.45, 7) is 6.00. The van der Waals surface area contributed by atoms with Gasteiger partial charge >= 0.3 is 0 Å². The summed E-state index contributed by atoms with van der Waals surface area (Å²) in [5.41, 5.74) is 3.08. The fourth-order valence-corrected chi connectivity index (χ4v) is 1.73. The number of hydroxylamine groups is 1. The molecule has 0 saturated heterocycles. The molecule has 100 valence electrons. The highest BCUT2D eigenvalue weighted by Crippen LogP contribution is 2.12. The van der Waals surface area contributed by atoms with Gasteiger partial charge < -0.3 is 4.57 Å². The van der Waals surface area contributed by atoms with Gasteiger partial charge in [0.1, 0.15) is 6.04 Å². The molecule has 0 spiro atoms. The van der Waals surface area contributed by atoms with Gasteiger partial charge in [-0.1, -0.05) is 13.3 Å². The number of nitrogens with one attached hydrogen (secondary N) is 1. The molecule has 0 fully saturated rings. The van der Waals surface area contributed by atoms with Crippen molar-refractivity contribution in [1.82, 2.24) is 10.0 Å². The summed E-state index contributed by atoms with van der Waals surface area (Å²) >= 11 is 0. The Labute approximate surface area is 107 Å². The summed E-state index contributed by atoms with van der Waals surface area (Å²) < 4.78 is 1.45. The van der Waals surface area contributed by atoms with Crippen molar-refractivity contribution in [3.63, 3.8) is 0 Å².